The van der Waals surface area contributed by atoms with Crippen LogP contribution in [0.4, 0.5) is 5.13 Å². The third-order valence-corrected chi connectivity index (χ3v) is 6.60. The second-order valence-corrected chi connectivity index (χ2v) is 8.19. The van der Waals surface area contributed by atoms with Crippen LogP contribution in [0.1, 0.15) is 41.2 Å². The molecule has 7 heteroatoms. The Morgan fingerprint density at radius 3 is 2.73 bits per heavy atom. The van der Waals surface area contributed by atoms with Crippen LogP contribution in [0.3, 0.4) is 0 Å². The van der Waals surface area contributed by atoms with Crippen molar-refractivity contribution in [2.75, 3.05) is 18.8 Å². The number of nitrogen functional groups attached to an aromatic ring is 1. The average molecular weight is 371 g/mol. The Hall–Kier alpha value is -2.41. The lowest BCUT2D eigenvalue weighted by molar-refractivity contribution is -0.152. The molecule has 1 aromatic heterocycles. The lowest BCUT2D eigenvalue weighted by Gasteiger charge is -2.38. The van der Waals surface area contributed by atoms with E-state index in [1.165, 1.54) is 16.9 Å². The number of amides is 1. The van der Waals surface area contributed by atoms with Crippen LogP contribution in [0.5, 0.6) is 0 Å². The van der Waals surface area contributed by atoms with Crippen LogP contribution in [0.2, 0.25) is 0 Å². The number of thiazole rings is 1. The Balaban J connectivity index is 1.57. The molecule has 1 aliphatic heterocycles. The third kappa shape index (κ3) is 2.76. The molecule has 1 saturated heterocycles. The first-order valence-electron chi connectivity index (χ1n) is 8.78. The standard InChI is InChI=1S/C19H21N3O3S/c20-18-21-15(10-26-18)16(23)22-9-14-8-13(12-4-2-1-3-5-12)6-7-19(14,11-22)17(24)25/h1-5,10,13-14H,6-9,11H2,(H2,20,21)(H,24,25)/t13-,14-,19-/m0/s1. The molecule has 0 bridgehead atoms. The monoisotopic (exact) mass is 371 g/mol. The van der Waals surface area contributed by atoms with Crippen molar-refractivity contribution in [3.63, 3.8) is 0 Å². The fraction of sp³-hybridized carbons (Fsp3) is 0.421. The molecule has 1 saturated carbocycles. The molecule has 2 aromatic rings. The number of fused-ring (bicyclic) bond motifs is 1. The largest absolute Gasteiger partial charge is 0.481 e. The van der Waals surface area contributed by atoms with Crippen LogP contribution in [-0.4, -0.2) is 40.0 Å². The number of carboxylic acids is 1. The molecule has 0 spiro atoms. The Kier molecular flexibility index (Phi) is 4.19. The van der Waals surface area contributed by atoms with E-state index in [0.29, 0.717) is 29.7 Å². The topological polar surface area (TPSA) is 96.5 Å². The number of anilines is 1. The van der Waals surface area contributed by atoms with Crippen molar-refractivity contribution < 1.29 is 14.7 Å². The number of carbonyl (C=O) groups excluding carboxylic acids is 1. The summed E-state index contributed by atoms with van der Waals surface area (Å²) in [5, 5.41) is 11.9. The van der Waals surface area contributed by atoms with Crippen molar-refractivity contribution in [2.45, 2.75) is 25.2 Å². The molecule has 0 radical (unpaired) electrons. The van der Waals surface area contributed by atoms with Crippen LogP contribution in [0, 0.1) is 11.3 Å². The Morgan fingerprint density at radius 1 is 1.31 bits per heavy atom. The number of benzene rings is 1. The molecular formula is C19H21N3O3S. The minimum atomic E-state index is -0.845. The molecule has 3 N–H and O–H groups in total. The van der Waals surface area contributed by atoms with Gasteiger partial charge in [0.1, 0.15) is 5.69 Å². The zero-order valence-electron chi connectivity index (χ0n) is 14.3. The Bertz CT molecular complexity index is 838. The smallest absolute Gasteiger partial charge is 0.311 e. The average Bonchev–Trinajstić information content (AvgIpc) is 3.25. The van der Waals surface area contributed by atoms with E-state index in [-0.39, 0.29) is 18.4 Å². The molecule has 0 unspecified atom stereocenters. The highest BCUT2D eigenvalue weighted by atomic mass is 32.1. The highest BCUT2D eigenvalue weighted by Crippen LogP contribution is 2.51. The predicted octanol–water partition coefficient (Wildman–Crippen LogP) is 2.84. The molecule has 4 rings (SSSR count). The van der Waals surface area contributed by atoms with E-state index in [0.717, 1.165) is 12.8 Å². The molecule has 1 amide bonds. The SMILES string of the molecule is Nc1nc(C(=O)N2C[C@@H]3C[C@@H](c4ccccc4)CC[C@]3(C(=O)O)C2)cs1. The van der Waals surface area contributed by atoms with Crippen molar-refractivity contribution in [3.8, 4) is 0 Å². The van der Waals surface area contributed by atoms with Gasteiger partial charge in [-0.15, -0.1) is 11.3 Å². The van der Waals surface area contributed by atoms with Gasteiger partial charge in [-0.1, -0.05) is 30.3 Å². The highest BCUT2D eigenvalue weighted by molar-refractivity contribution is 7.13. The number of aliphatic carboxylic acids is 1. The van der Waals surface area contributed by atoms with Gasteiger partial charge >= 0.3 is 5.97 Å². The second-order valence-electron chi connectivity index (χ2n) is 7.30. The Morgan fingerprint density at radius 2 is 2.08 bits per heavy atom. The summed E-state index contributed by atoms with van der Waals surface area (Å²) in [6, 6.07) is 10.2. The lowest BCUT2D eigenvalue weighted by Crippen LogP contribution is -2.43. The third-order valence-electron chi connectivity index (χ3n) is 5.93. The summed E-state index contributed by atoms with van der Waals surface area (Å²) in [5.41, 5.74) is 6.35. The molecule has 6 nitrogen and oxygen atoms in total. The minimum Gasteiger partial charge on any atom is -0.481 e. The number of nitrogens with two attached hydrogens (primary N) is 1. The quantitative estimate of drug-likeness (QED) is 0.865. The fourth-order valence-electron chi connectivity index (χ4n) is 4.53. The first-order valence-corrected chi connectivity index (χ1v) is 9.66. The van der Waals surface area contributed by atoms with Gasteiger partial charge < -0.3 is 15.7 Å². The van der Waals surface area contributed by atoms with Crippen LogP contribution in [0.15, 0.2) is 35.7 Å². The van der Waals surface area contributed by atoms with E-state index >= 15 is 0 Å². The number of hydrogen-bond donors (Lipinski definition) is 2. The van der Waals surface area contributed by atoms with Gasteiger partial charge in [-0.3, -0.25) is 9.59 Å². The fourth-order valence-corrected chi connectivity index (χ4v) is 5.07. The molecule has 136 valence electrons. The zero-order valence-corrected chi connectivity index (χ0v) is 15.1. The summed E-state index contributed by atoms with van der Waals surface area (Å²) >= 11 is 1.22. The van der Waals surface area contributed by atoms with Crippen molar-refractivity contribution >= 4 is 28.3 Å². The summed E-state index contributed by atoms with van der Waals surface area (Å²) < 4.78 is 0. The molecule has 26 heavy (non-hydrogen) atoms. The van der Waals surface area contributed by atoms with E-state index in [4.69, 9.17) is 5.73 Å². The molecule has 2 fully saturated rings. The molecule has 1 aromatic carbocycles. The van der Waals surface area contributed by atoms with E-state index in [9.17, 15) is 14.7 Å². The maximum atomic E-state index is 12.7. The highest BCUT2D eigenvalue weighted by Gasteiger charge is 2.56. The van der Waals surface area contributed by atoms with Gasteiger partial charge in [0, 0.05) is 18.5 Å². The maximum absolute atomic E-state index is 12.7. The zero-order chi connectivity index (χ0) is 18.3. The number of nitrogens with zero attached hydrogens (tertiary/aromatic N) is 2. The van der Waals surface area contributed by atoms with Gasteiger partial charge in [-0.05, 0) is 36.7 Å². The number of aromatic nitrogens is 1. The predicted molar refractivity (Wildman–Crippen MR) is 99.0 cm³/mol. The van der Waals surface area contributed by atoms with Gasteiger partial charge in [-0.2, -0.15) is 0 Å². The number of likely N-dealkylation sites (tertiary alicyclic amines) is 1. The molecule has 3 atom stereocenters. The first kappa shape index (κ1) is 17.0. The molecule has 2 aliphatic rings. The van der Waals surface area contributed by atoms with Crippen LogP contribution in [0.25, 0.3) is 0 Å². The number of carbonyl (C=O) groups is 2. The maximum Gasteiger partial charge on any atom is 0.311 e. The van der Waals surface area contributed by atoms with Gasteiger partial charge in [0.25, 0.3) is 5.91 Å². The Labute approximate surface area is 155 Å². The first-order chi connectivity index (χ1) is 12.5. The molecule has 2 heterocycles. The van der Waals surface area contributed by atoms with Crippen molar-refractivity contribution in [3.05, 3.63) is 47.0 Å². The number of carboxylic acid groups (broad SMARTS) is 1. The van der Waals surface area contributed by atoms with Crippen molar-refractivity contribution in [2.24, 2.45) is 11.3 Å². The van der Waals surface area contributed by atoms with Gasteiger partial charge in [-0.25, -0.2) is 4.98 Å². The van der Waals surface area contributed by atoms with Crippen LogP contribution < -0.4 is 5.73 Å². The summed E-state index contributed by atoms with van der Waals surface area (Å²) in [5.74, 6) is -0.705. The molecule has 1 aliphatic carbocycles. The van der Waals surface area contributed by atoms with E-state index in [2.05, 4.69) is 17.1 Å². The number of hydrogen-bond acceptors (Lipinski definition) is 5. The van der Waals surface area contributed by atoms with Crippen LogP contribution >= 0.6 is 11.3 Å². The normalized spacial score (nSPS) is 27.9. The van der Waals surface area contributed by atoms with E-state index in [1.807, 2.05) is 18.2 Å². The van der Waals surface area contributed by atoms with Gasteiger partial charge in [0.2, 0.25) is 0 Å². The van der Waals surface area contributed by atoms with Crippen molar-refractivity contribution in [1.29, 1.82) is 0 Å². The van der Waals surface area contributed by atoms with Gasteiger partial charge in [0.15, 0.2) is 5.13 Å². The second kappa shape index (κ2) is 6.39. The van der Waals surface area contributed by atoms with Crippen molar-refractivity contribution in [1.82, 2.24) is 9.88 Å². The van der Waals surface area contributed by atoms with Gasteiger partial charge in [0.05, 0.1) is 5.41 Å². The number of rotatable bonds is 3. The van der Waals surface area contributed by atoms with E-state index < -0.39 is 11.4 Å². The van der Waals surface area contributed by atoms with Crippen LogP contribution in [-0.2, 0) is 4.79 Å². The summed E-state index contributed by atoms with van der Waals surface area (Å²) in [7, 11) is 0. The summed E-state index contributed by atoms with van der Waals surface area (Å²) in [6.45, 7) is 0.719. The summed E-state index contributed by atoms with van der Waals surface area (Å²) in [6.07, 6.45) is 2.22. The minimum absolute atomic E-state index is 0.0427. The molecular weight excluding hydrogens is 350 g/mol. The summed E-state index contributed by atoms with van der Waals surface area (Å²) in [4.78, 5) is 30.6. The lowest BCUT2D eigenvalue weighted by atomic mass is 9.64. The van der Waals surface area contributed by atoms with E-state index in [1.54, 1.807) is 10.3 Å².